The maximum atomic E-state index is 14.3. The molecule has 0 aliphatic carbocycles. The number of allylic oxidation sites excluding steroid dienone is 2. The lowest BCUT2D eigenvalue weighted by atomic mass is 9.97. The summed E-state index contributed by atoms with van der Waals surface area (Å²) in [6.07, 6.45) is -14.6. The summed E-state index contributed by atoms with van der Waals surface area (Å²) in [7, 11) is 1.46. The summed E-state index contributed by atoms with van der Waals surface area (Å²) in [6, 6.07) is 7.30. The maximum absolute atomic E-state index is 14.3. The molecule has 3 aromatic rings. The summed E-state index contributed by atoms with van der Waals surface area (Å²) in [5, 5.41) is 65.0. The largest absolute Gasteiger partial charge is 0.507 e. The van der Waals surface area contributed by atoms with Crippen molar-refractivity contribution >= 4 is 22.9 Å². The van der Waals surface area contributed by atoms with Gasteiger partial charge in [-0.2, -0.15) is 0 Å². The standard InChI is InChI=1S/C37H44O17/c1-15(2)7-12-21-22(40)13-23(41)25-27(43)34(32(52-33(21)25)19-8-10-20(47-6)11-9-19)53-37-30(46)35(31(16(3)49-37)50-18(5)39)54-36-29(45)28(44)26(42)24(51-36)14-48-17(4)38/h7-11,13,16,24,26,28-31,35-37,40-42,44-46H,12,14H2,1-6H3/t16-,24+,26+,28-,29+,30-,31-,35+,36-,37-/m0/s1. The van der Waals surface area contributed by atoms with Gasteiger partial charge in [0.15, 0.2) is 18.2 Å². The van der Waals surface area contributed by atoms with Crippen LogP contribution in [0.25, 0.3) is 22.3 Å². The first-order valence-electron chi connectivity index (χ1n) is 17.0. The molecule has 6 N–H and O–H groups in total. The summed E-state index contributed by atoms with van der Waals surface area (Å²) in [4.78, 5) is 37.9. The van der Waals surface area contributed by atoms with Gasteiger partial charge < -0.3 is 68.2 Å². The second-order valence-electron chi connectivity index (χ2n) is 13.2. The van der Waals surface area contributed by atoms with E-state index in [1.54, 1.807) is 30.3 Å². The normalized spacial score (nSPS) is 28.3. The Morgan fingerprint density at radius 1 is 0.852 bits per heavy atom. The van der Waals surface area contributed by atoms with E-state index >= 15 is 0 Å². The smallest absolute Gasteiger partial charge is 0.303 e. The first-order chi connectivity index (χ1) is 25.5. The molecule has 0 spiro atoms. The zero-order valence-electron chi connectivity index (χ0n) is 30.3. The highest BCUT2D eigenvalue weighted by atomic mass is 16.7. The molecule has 0 saturated carbocycles. The van der Waals surface area contributed by atoms with Gasteiger partial charge in [-0.25, -0.2) is 0 Å². The zero-order chi connectivity index (χ0) is 39.6. The third-order valence-electron chi connectivity index (χ3n) is 8.95. The van der Waals surface area contributed by atoms with Crippen LogP contribution in [0.1, 0.15) is 40.2 Å². The fourth-order valence-electron chi connectivity index (χ4n) is 6.15. The molecule has 2 fully saturated rings. The maximum Gasteiger partial charge on any atom is 0.303 e. The van der Waals surface area contributed by atoms with Crippen molar-refractivity contribution in [1.29, 1.82) is 0 Å². The van der Waals surface area contributed by atoms with Crippen molar-refractivity contribution in [2.24, 2.45) is 0 Å². The molecule has 0 amide bonds. The van der Waals surface area contributed by atoms with Gasteiger partial charge >= 0.3 is 11.9 Å². The van der Waals surface area contributed by atoms with Crippen LogP contribution in [-0.2, 0) is 39.7 Å². The second kappa shape index (κ2) is 16.7. The first-order valence-corrected chi connectivity index (χ1v) is 17.0. The van der Waals surface area contributed by atoms with Crippen LogP contribution in [0.5, 0.6) is 23.0 Å². The van der Waals surface area contributed by atoms with Crippen LogP contribution in [0, 0.1) is 0 Å². The third-order valence-corrected chi connectivity index (χ3v) is 8.95. The Hall–Kier alpha value is -4.75. The van der Waals surface area contributed by atoms with Gasteiger partial charge in [-0.05, 0) is 51.5 Å². The predicted molar refractivity (Wildman–Crippen MR) is 186 cm³/mol. The summed E-state index contributed by atoms with van der Waals surface area (Å²) < 4.78 is 45.5. The van der Waals surface area contributed by atoms with Crippen LogP contribution in [0.15, 0.2) is 51.2 Å². The highest BCUT2D eigenvalue weighted by Gasteiger charge is 2.52. The van der Waals surface area contributed by atoms with Gasteiger partial charge in [-0.15, -0.1) is 0 Å². The molecular weight excluding hydrogens is 716 g/mol. The molecule has 17 nitrogen and oxygen atoms in total. The van der Waals surface area contributed by atoms with E-state index in [2.05, 4.69) is 0 Å². The quantitative estimate of drug-likeness (QED) is 0.120. The molecular formula is C37H44O17. The molecule has 54 heavy (non-hydrogen) atoms. The van der Waals surface area contributed by atoms with Crippen LogP contribution >= 0.6 is 0 Å². The predicted octanol–water partition coefficient (Wildman–Crippen LogP) is 1.56. The lowest BCUT2D eigenvalue weighted by Gasteiger charge is -2.46. The van der Waals surface area contributed by atoms with Crippen LogP contribution in [0.2, 0.25) is 0 Å². The fourth-order valence-corrected chi connectivity index (χ4v) is 6.15. The Bertz CT molecular complexity index is 1920. The van der Waals surface area contributed by atoms with Gasteiger partial charge in [-0.1, -0.05) is 11.6 Å². The van der Waals surface area contributed by atoms with Crippen molar-refractivity contribution < 1.29 is 77.8 Å². The van der Waals surface area contributed by atoms with E-state index in [1.165, 1.54) is 14.0 Å². The number of aliphatic hydroxyl groups is 4. The Morgan fingerprint density at radius 3 is 2.15 bits per heavy atom. The van der Waals surface area contributed by atoms with Gasteiger partial charge in [0.25, 0.3) is 0 Å². The molecule has 17 heteroatoms. The number of esters is 2. The lowest BCUT2D eigenvalue weighted by Crippen LogP contribution is -2.65. The van der Waals surface area contributed by atoms with Crippen LogP contribution in [0.3, 0.4) is 0 Å². The lowest BCUT2D eigenvalue weighted by molar-refractivity contribution is -0.351. The van der Waals surface area contributed by atoms with E-state index in [-0.39, 0.29) is 40.0 Å². The van der Waals surface area contributed by atoms with Crippen molar-refractivity contribution in [3.8, 4) is 34.3 Å². The van der Waals surface area contributed by atoms with Crippen LogP contribution in [0.4, 0.5) is 0 Å². The number of carbonyl (C=O) groups is 2. The molecule has 3 heterocycles. The molecule has 2 aliphatic rings. The number of aromatic hydroxyl groups is 2. The molecule has 0 radical (unpaired) electrons. The zero-order valence-corrected chi connectivity index (χ0v) is 30.3. The number of rotatable bonds is 11. The number of fused-ring (bicyclic) bond motifs is 1. The van der Waals surface area contributed by atoms with Crippen molar-refractivity contribution in [2.75, 3.05) is 13.7 Å². The van der Waals surface area contributed by atoms with Gasteiger partial charge in [0.2, 0.25) is 17.5 Å². The number of phenolic OH excluding ortho intramolecular Hbond substituents is 2. The summed E-state index contributed by atoms with van der Waals surface area (Å²) in [6.45, 7) is 6.82. The highest BCUT2D eigenvalue weighted by molar-refractivity contribution is 5.91. The topological polar surface area (TPSA) is 250 Å². The first kappa shape index (κ1) is 40.4. The second-order valence-corrected chi connectivity index (χ2v) is 13.2. The molecule has 0 bridgehead atoms. The fraction of sp³-hybridized carbons (Fsp3) is 0.486. The SMILES string of the molecule is COc1ccc(-c2oc3c(CC=C(C)C)c(O)cc(O)c3c(=O)c2O[C@@H]2O[C@@H](C)[C@H](OC(C)=O)[C@H](O[C@@H]3O[C@H](COC(C)=O)[C@@H](O)[C@H](O)[C@H]3O)[C@@H]2O)cc1. The minimum atomic E-state index is -1.93. The Labute approximate surface area is 308 Å². The minimum Gasteiger partial charge on any atom is -0.507 e. The Kier molecular flexibility index (Phi) is 12.5. The molecule has 1 aromatic heterocycles. The number of ether oxygens (including phenoxy) is 7. The molecule has 294 valence electrons. The monoisotopic (exact) mass is 760 g/mol. The average Bonchev–Trinajstić information content (AvgIpc) is 3.11. The van der Waals surface area contributed by atoms with E-state index in [9.17, 15) is 45.0 Å². The van der Waals surface area contributed by atoms with Crippen molar-refractivity contribution in [2.45, 2.75) is 102 Å². The van der Waals surface area contributed by atoms with Crippen molar-refractivity contribution in [3.63, 3.8) is 0 Å². The van der Waals surface area contributed by atoms with E-state index < -0.39 is 96.9 Å². The van der Waals surface area contributed by atoms with Crippen molar-refractivity contribution in [1.82, 2.24) is 0 Å². The summed E-state index contributed by atoms with van der Waals surface area (Å²) >= 11 is 0. The van der Waals surface area contributed by atoms with Crippen LogP contribution < -0.4 is 14.9 Å². The third kappa shape index (κ3) is 8.47. The van der Waals surface area contributed by atoms with E-state index in [4.69, 9.17) is 37.6 Å². The van der Waals surface area contributed by atoms with Crippen molar-refractivity contribution in [3.05, 3.63) is 57.8 Å². The average molecular weight is 761 g/mol. The van der Waals surface area contributed by atoms with Gasteiger partial charge in [0, 0.05) is 31.0 Å². The molecule has 0 unspecified atom stereocenters. The molecule has 10 atom stereocenters. The molecule has 2 aromatic carbocycles. The number of phenols is 2. The summed E-state index contributed by atoms with van der Waals surface area (Å²) in [5.74, 6) is -2.70. The van der Waals surface area contributed by atoms with Crippen LogP contribution in [-0.4, -0.2) is 118 Å². The number of hydrogen-bond donors (Lipinski definition) is 6. The number of hydrogen-bond acceptors (Lipinski definition) is 17. The minimum absolute atomic E-state index is 0.129. The Morgan fingerprint density at radius 2 is 1.54 bits per heavy atom. The number of carbonyl (C=O) groups excluding carboxylic acids is 2. The number of methoxy groups -OCH3 is 1. The molecule has 2 aliphatic heterocycles. The van der Waals surface area contributed by atoms with Gasteiger partial charge in [0.05, 0.1) is 13.2 Å². The molecule has 5 rings (SSSR count). The number of aliphatic hydroxyl groups excluding tert-OH is 4. The van der Waals surface area contributed by atoms with E-state index in [0.29, 0.717) is 5.75 Å². The van der Waals surface area contributed by atoms with Gasteiger partial charge in [-0.3, -0.25) is 14.4 Å². The molecule has 2 saturated heterocycles. The Balaban J connectivity index is 1.59. The van der Waals surface area contributed by atoms with E-state index in [0.717, 1.165) is 25.5 Å². The number of benzene rings is 2. The highest BCUT2D eigenvalue weighted by Crippen LogP contribution is 2.41. The summed E-state index contributed by atoms with van der Waals surface area (Å²) in [5.41, 5.74) is 0.363. The van der Waals surface area contributed by atoms with Gasteiger partial charge in [0.1, 0.15) is 71.4 Å². The van der Waals surface area contributed by atoms with E-state index in [1.807, 2.05) is 13.8 Å².